The Kier molecular flexibility index (Phi) is 6.21. The summed E-state index contributed by atoms with van der Waals surface area (Å²) in [5.74, 6) is 1.54. The van der Waals surface area contributed by atoms with Gasteiger partial charge in [0.25, 0.3) is 0 Å². The molecule has 1 saturated carbocycles. The maximum Gasteiger partial charge on any atom is 0.220 e. The number of amides is 1. The van der Waals surface area contributed by atoms with Crippen LogP contribution in [0.25, 0.3) is 0 Å². The zero-order chi connectivity index (χ0) is 12.0. The number of hydrogen-bond acceptors (Lipinski definition) is 3. The fourth-order valence-corrected chi connectivity index (χ4v) is 2.94. The van der Waals surface area contributed by atoms with Crippen molar-refractivity contribution in [1.29, 1.82) is 0 Å². The van der Waals surface area contributed by atoms with E-state index in [0.717, 1.165) is 18.6 Å². The van der Waals surface area contributed by atoms with Crippen molar-refractivity contribution < 1.29 is 4.79 Å². The predicted octanol–water partition coefficient (Wildman–Crippen LogP) is 1.76. The topological polar surface area (TPSA) is 55.1 Å². The summed E-state index contributed by atoms with van der Waals surface area (Å²) in [4.78, 5) is 11.8. The summed E-state index contributed by atoms with van der Waals surface area (Å²) < 4.78 is 0. The van der Waals surface area contributed by atoms with E-state index in [0.29, 0.717) is 12.3 Å². The van der Waals surface area contributed by atoms with Gasteiger partial charge in [0.1, 0.15) is 0 Å². The number of hydrogen-bond donors (Lipinski definition) is 2. The molecule has 4 heteroatoms. The minimum Gasteiger partial charge on any atom is -0.353 e. The zero-order valence-corrected chi connectivity index (χ0v) is 11.2. The van der Waals surface area contributed by atoms with Crippen LogP contribution in [0.15, 0.2) is 0 Å². The monoisotopic (exact) mass is 244 g/mol. The number of thioether (sulfide) groups is 1. The standard InChI is InChI=1S/C12H24N2OS/c1-9(8-16-2)14-12(15)7-10-5-3-4-6-11(10)13/h9-11H,3-8,13H2,1-2H3,(H,14,15). The summed E-state index contributed by atoms with van der Waals surface area (Å²) in [6, 6.07) is 0.498. The van der Waals surface area contributed by atoms with Crippen molar-refractivity contribution in [3.63, 3.8) is 0 Å². The average Bonchev–Trinajstić information content (AvgIpc) is 2.21. The third-order valence-corrected chi connectivity index (χ3v) is 4.07. The maximum atomic E-state index is 11.8. The van der Waals surface area contributed by atoms with Gasteiger partial charge in [-0.2, -0.15) is 11.8 Å². The summed E-state index contributed by atoms with van der Waals surface area (Å²) in [7, 11) is 0. The van der Waals surface area contributed by atoms with Crippen LogP contribution in [0.3, 0.4) is 0 Å². The molecule has 0 bridgehead atoms. The molecule has 1 aliphatic rings. The van der Waals surface area contributed by atoms with Crippen LogP contribution in [0.5, 0.6) is 0 Å². The average molecular weight is 244 g/mol. The second-order valence-electron chi connectivity index (χ2n) is 4.84. The van der Waals surface area contributed by atoms with Crippen LogP contribution in [0.1, 0.15) is 39.0 Å². The van der Waals surface area contributed by atoms with Gasteiger partial charge in [-0.05, 0) is 31.9 Å². The van der Waals surface area contributed by atoms with Crippen LogP contribution in [0, 0.1) is 5.92 Å². The second kappa shape index (κ2) is 7.17. The van der Waals surface area contributed by atoms with Crippen LogP contribution in [0.2, 0.25) is 0 Å². The molecule has 0 aromatic carbocycles. The molecule has 3 nitrogen and oxygen atoms in total. The number of nitrogens with one attached hydrogen (secondary N) is 1. The molecular formula is C12H24N2OS. The molecule has 0 spiro atoms. The minimum absolute atomic E-state index is 0.170. The molecule has 16 heavy (non-hydrogen) atoms. The van der Waals surface area contributed by atoms with E-state index >= 15 is 0 Å². The van der Waals surface area contributed by atoms with Crippen molar-refractivity contribution in [1.82, 2.24) is 5.32 Å². The summed E-state index contributed by atoms with van der Waals surface area (Å²) >= 11 is 1.76. The van der Waals surface area contributed by atoms with Crippen LogP contribution in [-0.2, 0) is 4.79 Å². The highest BCUT2D eigenvalue weighted by Crippen LogP contribution is 2.25. The molecule has 1 rings (SSSR count). The maximum absolute atomic E-state index is 11.8. The molecule has 3 N–H and O–H groups in total. The first-order valence-corrected chi connectivity index (χ1v) is 7.56. The summed E-state index contributed by atoms with van der Waals surface area (Å²) in [6.45, 7) is 2.05. The van der Waals surface area contributed by atoms with Crippen LogP contribution < -0.4 is 11.1 Å². The molecule has 0 aromatic rings. The molecule has 0 radical (unpaired) electrons. The van der Waals surface area contributed by atoms with Crippen LogP contribution in [0.4, 0.5) is 0 Å². The van der Waals surface area contributed by atoms with Crippen molar-refractivity contribution in [3.05, 3.63) is 0 Å². The van der Waals surface area contributed by atoms with Crippen molar-refractivity contribution >= 4 is 17.7 Å². The first kappa shape index (κ1) is 13.8. The largest absolute Gasteiger partial charge is 0.353 e. The van der Waals surface area contributed by atoms with Gasteiger partial charge in [0, 0.05) is 24.3 Å². The van der Waals surface area contributed by atoms with Crippen molar-refractivity contribution in [2.45, 2.75) is 51.1 Å². The van der Waals surface area contributed by atoms with Crippen molar-refractivity contribution in [2.24, 2.45) is 11.7 Å². The van der Waals surface area contributed by atoms with Gasteiger partial charge in [-0.3, -0.25) is 4.79 Å². The molecule has 0 heterocycles. The Morgan fingerprint density at radius 3 is 2.81 bits per heavy atom. The Morgan fingerprint density at radius 2 is 2.19 bits per heavy atom. The predicted molar refractivity (Wildman–Crippen MR) is 70.5 cm³/mol. The first-order valence-electron chi connectivity index (χ1n) is 6.17. The van der Waals surface area contributed by atoms with E-state index in [1.807, 2.05) is 0 Å². The Labute approximate surface area is 103 Å². The molecule has 94 valence electrons. The van der Waals surface area contributed by atoms with Gasteiger partial charge in [-0.1, -0.05) is 12.8 Å². The highest BCUT2D eigenvalue weighted by Gasteiger charge is 2.24. The lowest BCUT2D eigenvalue weighted by Crippen LogP contribution is -2.40. The van der Waals surface area contributed by atoms with Crippen molar-refractivity contribution in [2.75, 3.05) is 12.0 Å². The fraction of sp³-hybridized carbons (Fsp3) is 0.917. The van der Waals surface area contributed by atoms with Crippen molar-refractivity contribution in [3.8, 4) is 0 Å². The third-order valence-electron chi connectivity index (χ3n) is 3.24. The summed E-state index contributed by atoms with van der Waals surface area (Å²) in [6.07, 6.45) is 7.32. The Hall–Kier alpha value is -0.220. The van der Waals surface area contributed by atoms with E-state index in [1.54, 1.807) is 11.8 Å². The summed E-state index contributed by atoms with van der Waals surface area (Å²) in [5.41, 5.74) is 6.03. The van der Waals surface area contributed by atoms with Gasteiger partial charge in [-0.15, -0.1) is 0 Å². The van der Waals surface area contributed by atoms with E-state index in [4.69, 9.17) is 5.73 Å². The van der Waals surface area contributed by atoms with E-state index in [-0.39, 0.29) is 18.0 Å². The van der Waals surface area contributed by atoms with Crippen LogP contribution >= 0.6 is 11.8 Å². The molecule has 0 aromatic heterocycles. The smallest absolute Gasteiger partial charge is 0.220 e. The minimum atomic E-state index is 0.170. The van der Waals surface area contributed by atoms with Crippen LogP contribution in [-0.4, -0.2) is 30.0 Å². The van der Waals surface area contributed by atoms with E-state index in [2.05, 4.69) is 18.5 Å². The first-order chi connectivity index (χ1) is 7.63. The Balaban J connectivity index is 2.27. The Morgan fingerprint density at radius 1 is 1.50 bits per heavy atom. The van der Waals surface area contributed by atoms with Gasteiger partial charge < -0.3 is 11.1 Å². The third kappa shape index (κ3) is 4.74. The van der Waals surface area contributed by atoms with Gasteiger partial charge in [0.15, 0.2) is 0 Å². The quantitative estimate of drug-likeness (QED) is 0.775. The highest BCUT2D eigenvalue weighted by molar-refractivity contribution is 7.98. The highest BCUT2D eigenvalue weighted by atomic mass is 32.2. The number of nitrogens with two attached hydrogens (primary N) is 1. The lowest BCUT2D eigenvalue weighted by atomic mass is 9.83. The number of carbonyl (C=O) groups is 1. The van der Waals surface area contributed by atoms with Gasteiger partial charge in [-0.25, -0.2) is 0 Å². The summed E-state index contributed by atoms with van der Waals surface area (Å²) in [5, 5.41) is 3.03. The number of carbonyl (C=O) groups excluding carboxylic acids is 1. The molecule has 1 aliphatic carbocycles. The molecule has 1 fully saturated rings. The SMILES string of the molecule is CSCC(C)NC(=O)CC1CCCCC1N. The van der Waals surface area contributed by atoms with E-state index in [9.17, 15) is 4.79 Å². The number of rotatable bonds is 5. The second-order valence-corrected chi connectivity index (χ2v) is 5.75. The molecular weight excluding hydrogens is 220 g/mol. The lowest BCUT2D eigenvalue weighted by molar-refractivity contribution is -0.122. The van der Waals surface area contributed by atoms with Gasteiger partial charge in [0.05, 0.1) is 0 Å². The lowest BCUT2D eigenvalue weighted by Gasteiger charge is -2.28. The molecule has 3 atom stereocenters. The zero-order valence-electron chi connectivity index (χ0n) is 10.4. The van der Waals surface area contributed by atoms with Gasteiger partial charge >= 0.3 is 0 Å². The Bertz CT molecular complexity index is 223. The normalized spacial score (nSPS) is 27.4. The van der Waals surface area contributed by atoms with E-state index < -0.39 is 0 Å². The van der Waals surface area contributed by atoms with E-state index in [1.165, 1.54) is 12.8 Å². The molecule has 0 saturated heterocycles. The molecule has 0 aliphatic heterocycles. The fourth-order valence-electron chi connectivity index (χ4n) is 2.35. The van der Waals surface area contributed by atoms with Gasteiger partial charge in [0.2, 0.25) is 5.91 Å². The molecule has 3 unspecified atom stereocenters. The molecule has 1 amide bonds.